The monoisotopic (exact) mass is 179 g/mol. The lowest BCUT2D eigenvalue weighted by Crippen LogP contribution is -2.55. The molecular weight excluding hydrogens is 162 g/mol. The Bertz CT molecular complexity index is 219. The zero-order valence-electron chi connectivity index (χ0n) is 8.21. The maximum atomic E-state index is 9.11. The maximum absolute atomic E-state index is 9.11. The Morgan fingerprint density at radius 2 is 2.54 bits per heavy atom. The summed E-state index contributed by atoms with van der Waals surface area (Å²) in [6.07, 6.45) is 3.84. The van der Waals surface area contributed by atoms with Crippen molar-refractivity contribution in [2.24, 2.45) is 0 Å². The molecule has 1 N–H and O–H groups in total. The largest absolute Gasteiger partial charge is 0.303 e. The molecule has 13 heavy (non-hydrogen) atoms. The number of rotatable bonds is 3. The average molecular weight is 179 g/mol. The molecule has 0 radical (unpaired) electrons. The first-order valence-corrected chi connectivity index (χ1v) is 4.68. The molecule has 0 amide bonds. The summed E-state index contributed by atoms with van der Waals surface area (Å²) in [7, 11) is 2.06. The summed E-state index contributed by atoms with van der Waals surface area (Å²) < 4.78 is 0. The molecule has 3 heteroatoms. The van der Waals surface area contributed by atoms with Crippen molar-refractivity contribution in [3.8, 4) is 6.07 Å². The van der Waals surface area contributed by atoms with Crippen LogP contribution in [0.15, 0.2) is 12.7 Å². The van der Waals surface area contributed by atoms with Crippen LogP contribution in [0.4, 0.5) is 0 Å². The highest BCUT2D eigenvalue weighted by molar-refractivity contribution is 5.11. The first-order valence-electron chi connectivity index (χ1n) is 4.68. The maximum Gasteiger partial charge on any atom is 0.119 e. The van der Waals surface area contributed by atoms with Crippen LogP contribution in [0.2, 0.25) is 0 Å². The lowest BCUT2D eigenvalue weighted by atomic mass is 9.91. The topological polar surface area (TPSA) is 39.1 Å². The summed E-state index contributed by atoms with van der Waals surface area (Å²) in [6, 6.07) is 2.38. The van der Waals surface area contributed by atoms with E-state index >= 15 is 0 Å². The van der Waals surface area contributed by atoms with Crippen molar-refractivity contribution in [1.82, 2.24) is 10.2 Å². The van der Waals surface area contributed by atoms with E-state index in [0.717, 1.165) is 25.9 Å². The Balaban J connectivity index is 2.57. The number of nitrogens with one attached hydrogen (secondary N) is 1. The number of nitrogens with zero attached hydrogens (tertiary/aromatic N) is 2. The van der Waals surface area contributed by atoms with Gasteiger partial charge in [-0.3, -0.25) is 5.32 Å². The minimum absolute atomic E-state index is 0.346. The molecule has 1 atom stereocenters. The minimum Gasteiger partial charge on any atom is -0.303 e. The van der Waals surface area contributed by atoms with E-state index in [9.17, 15) is 0 Å². The second kappa shape index (κ2) is 4.40. The molecule has 0 spiro atoms. The zero-order valence-corrected chi connectivity index (χ0v) is 8.21. The summed E-state index contributed by atoms with van der Waals surface area (Å²) in [5.41, 5.74) is -0.346. The van der Waals surface area contributed by atoms with E-state index in [1.165, 1.54) is 0 Å². The van der Waals surface area contributed by atoms with Crippen LogP contribution < -0.4 is 5.32 Å². The van der Waals surface area contributed by atoms with Crippen LogP contribution in [0.25, 0.3) is 0 Å². The molecule has 0 aromatic heterocycles. The SMILES string of the molecule is C=CCNC1(C#N)CCCN(C)C1. The van der Waals surface area contributed by atoms with Crippen molar-refractivity contribution in [2.45, 2.75) is 18.4 Å². The molecule has 0 aromatic carbocycles. The predicted molar refractivity (Wildman–Crippen MR) is 53.3 cm³/mol. The number of piperidine rings is 1. The number of hydrogen-bond donors (Lipinski definition) is 1. The molecule has 0 bridgehead atoms. The fourth-order valence-electron chi connectivity index (χ4n) is 1.81. The van der Waals surface area contributed by atoms with Crippen molar-refractivity contribution >= 4 is 0 Å². The number of hydrogen-bond acceptors (Lipinski definition) is 3. The van der Waals surface area contributed by atoms with Crippen LogP contribution in [0.1, 0.15) is 12.8 Å². The Hall–Kier alpha value is -0.850. The van der Waals surface area contributed by atoms with Crippen molar-refractivity contribution in [3.63, 3.8) is 0 Å². The highest BCUT2D eigenvalue weighted by Crippen LogP contribution is 2.19. The first-order chi connectivity index (χ1) is 6.22. The van der Waals surface area contributed by atoms with Crippen LogP contribution in [-0.4, -0.2) is 37.1 Å². The number of likely N-dealkylation sites (tertiary alicyclic amines) is 1. The van der Waals surface area contributed by atoms with Crippen molar-refractivity contribution in [1.29, 1.82) is 5.26 Å². The molecule has 0 saturated carbocycles. The van der Waals surface area contributed by atoms with Gasteiger partial charge in [0.1, 0.15) is 5.54 Å². The van der Waals surface area contributed by atoms with Crippen molar-refractivity contribution in [2.75, 3.05) is 26.7 Å². The van der Waals surface area contributed by atoms with Crippen LogP contribution in [0.5, 0.6) is 0 Å². The summed E-state index contributed by atoms with van der Waals surface area (Å²) in [4.78, 5) is 2.20. The fraction of sp³-hybridized carbons (Fsp3) is 0.700. The van der Waals surface area contributed by atoms with Gasteiger partial charge in [-0.2, -0.15) is 5.26 Å². The van der Waals surface area contributed by atoms with E-state index in [2.05, 4.69) is 29.9 Å². The van der Waals surface area contributed by atoms with E-state index < -0.39 is 0 Å². The molecule has 0 aromatic rings. The quantitative estimate of drug-likeness (QED) is 0.650. The van der Waals surface area contributed by atoms with Gasteiger partial charge >= 0.3 is 0 Å². The van der Waals surface area contributed by atoms with Gasteiger partial charge in [0.2, 0.25) is 0 Å². The Morgan fingerprint density at radius 1 is 1.77 bits per heavy atom. The summed E-state index contributed by atoms with van der Waals surface area (Å²) in [5, 5.41) is 12.4. The van der Waals surface area contributed by atoms with Crippen LogP contribution in [0.3, 0.4) is 0 Å². The van der Waals surface area contributed by atoms with Gasteiger partial charge in [-0.05, 0) is 26.4 Å². The third kappa shape index (κ3) is 2.55. The molecule has 1 fully saturated rings. The number of nitriles is 1. The second-order valence-corrected chi connectivity index (χ2v) is 3.70. The van der Waals surface area contributed by atoms with Gasteiger partial charge in [-0.15, -0.1) is 6.58 Å². The Kier molecular flexibility index (Phi) is 3.47. The van der Waals surface area contributed by atoms with E-state index in [-0.39, 0.29) is 5.54 Å². The van der Waals surface area contributed by atoms with Gasteiger partial charge in [0.15, 0.2) is 0 Å². The van der Waals surface area contributed by atoms with Gasteiger partial charge in [-0.1, -0.05) is 6.08 Å². The Labute approximate surface area is 80.0 Å². The molecular formula is C10H17N3. The summed E-state index contributed by atoms with van der Waals surface area (Å²) in [5.74, 6) is 0. The van der Waals surface area contributed by atoms with Gasteiger partial charge in [0, 0.05) is 13.1 Å². The van der Waals surface area contributed by atoms with Crippen molar-refractivity contribution < 1.29 is 0 Å². The molecule has 1 aliphatic heterocycles. The van der Waals surface area contributed by atoms with Crippen LogP contribution >= 0.6 is 0 Å². The first kappa shape index (κ1) is 10.2. The van der Waals surface area contributed by atoms with Crippen LogP contribution in [-0.2, 0) is 0 Å². The molecule has 1 unspecified atom stereocenters. The van der Waals surface area contributed by atoms with E-state index in [4.69, 9.17) is 5.26 Å². The lowest BCUT2D eigenvalue weighted by molar-refractivity contribution is 0.188. The molecule has 3 nitrogen and oxygen atoms in total. The third-order valence-electron chi connectivity index (χ3n) is 2.48. The molecule has 1 saturated heterocycles. The standard InChI is InChI=1S/C10H17N3/c1-3-6-12-10(8-11)5-4-7-13(2)9-10/h3,12H,1,4-7,9H2,2H3. The highest BCUT2D eigenvalue weighted by Gasteiger charge is 2.33. The van der Waals surface area contributed by atoms with Gasteiger partial charge in [-0.25, -0.2) is 0 Å². The van der Waals surface area contributed by atoms with E-state index in [1.807, 2.05) is 0 Å². The molecule has 1 rings (SSSR count). The van der Waals surface area contributed by atoms with E-state index in [0.29, 0.717) is 6.54 Å². The molecule has 1 heterocycles. The predicted octanol–water partition coefficient (Wildman–Crippen LogP) is 0.750. The molecule has 72 valence electrons. The Morgan fingerprint density at radius 3 is 3.08 bits per heavy atom. The zero-order chi connectivity index (χ0) is 9.73. The fourth-order valence-corrected chi connectivity index (χ4v) is 1.81. The second-order valence-electron chi connectivity index (χ2n) is 3.70. The lowest BCUT2D eigenvalue weighted by Gasteiger charge is -2.36. The van der Waals surface area contributed by atoms with Crippen LogP contribution in [0, 0.1) is 11.3 Å². The summed E-state index contributed by atoms with van der Waals surface area (Å²) in [6.45, 7) is 6.27. The van der Waals surface area contributed by atoms with E-state index in [1.54, 1.807) is 6.08 Å². The normalized spacial score (nSPS) is 29.5. The number of likely N-dealkylation sites (N-methyl/N-ethyl adjacent to an activating group) is 1. The highest BCUT2D eigenvalue weighted by atomic mass is 15.2. The van der Waals surface area contributed by atoms with Gasteiger partial charge in [0.05, 0.1) is 6.07 Å². The molecule has 1 aliphatic rings. The van der Waals surface area contributed by atoms with Gasteiger partial charge < -0.3 is 4.90 Å². The van der Waals surface area contributed by atoms with Gasteiger partial charge in [0.25, 0.3) is 0 Å². The third-order valence-corrected chi connectivity index (χ3v) is 2.48. The molecule has 0 aliphatic carbocycles. The smallest absolute Gasteiger partial charge is 0.119 e. The summed E-state index contributed by atoms with van der Waals surface area (Å²) >= 11 is 0. The van der Waals surface area contributed by atoms with Crippen molar-refractivity contribution in [3.05, 3.63) is 12.7 Å². The minimum atomic E-state index is -0.346. The average Bonchev–Trinajstić information content (AvgIpc) is 2.15.